The van der Waals surface area contributed by atoms with Crippen LogP contribution in [0.1, 0.15) is 89.0 Å². The third kappa shape index (κ3) is 7.22. The molecule has 138 valence electrons. The smallest absolute Gasteiger partial charge is 0.0127 e. The first-order valence-corrected chi connectivity index (χ1v) is 10.7. The predicted molar refractivity (Wildman–Crippen MR) is 112 cm³/mol. The number of hydrogen-bond acceptors (Lipinski definition) is 0. The third-order valence-electron chi connectivity index (χ3n) is 5.99. The van der Waals surface area contributed by atoms with Crippen LogP contribution in [0, 0.1) is 11.8 Å². The van der Waals surface area contributed by atoms with Crippen LogP contribution in [-0.2, 0) is 0 Å². The van der Waals surface area contributed by atoms with Crippen molar-refractivity contribution >= 4 is 0 Å². The van der Waals surface area contributed by atoms with Crippen LogP contribution in [0.5, 0.6) is 0 Å². The van der Waals surface area contributed by atoms with Gasteiger partial charge in [0.1, 0.15) is 0 Å². The van der Waals surface area contributed by atoms with Crippen molar-refractivity contribution in [2.75, 3.05) is 0 Å². The maximum atomic E-state index is 4.00. The van der Waals surface area contributed by atoms with Gasteiger partial charge < -0.3 is 0 Å². The van der Waals surface area contributed by atoms with E-state index in [9.17, 15) is 0 Å². The molecule has 0 radical (unpaired) electrons. The molecular weight excluding hydrogens is 300 g/mol. The Bertz CT molecular complexity index is 478. The summed E-state index contributed by atoms with van der Waals surface area (Å²) in [6.07, 6.45) is 21.8. The Kier molecular flexibility index (Phi) is 9.70. The zero-order valence-electron chi connectivity index (χ0n) is 16.3. The van der Waals surface area contributed by atoms with Gasteiger partial charge in [0.15, 0.2) is 0 Å². The summed E-state index contributed by atoms with van der Waals surface area (Å²) in [5.74, 6) is 2.50. The molecule has 0 nitrogen and oxygen atoms in total. The van der Waals surface area contributed by atoms with Crippen LogP contribution >= 0.6 is 0 Å². The quantitative estimate of drug-likeness (QED) is 0.358. The van der Waals surface area contributed by atoms with E-state index < -0.39 is 0 Å². The lowest BCUT2D eigenvalue weighted by Gasteiger charge is -2.29. The van der Waals surface area contributed by atoms with Gasteiger partial charge in [-0.05, 0) is 55.4 Å². The summed E-state index contributed by atoms with van der Waals surface area (Å²) in [5.41, 5.74) is 1.50. The number of rotatable bonds is 11. The topological polar surface area (TPSA) is 0 Å². The molecule has 2 rings (SSSR count). The second-order valence-corrected chi connectivity index (χ2v) is 7.86. The van der Waals surface area contributed by atoms with Gasteiger partial charge in [-0.15, -0.1) is 6.58 Å². The van der Waals surface area contributed by atoms with Crippen molar-refractivity contribution in [2.45, 2.75) is 83.5 Å². The van der Waals surface area contributed by atoms with Crippen molar-refractivity contribution in [3.05, 3.63) is 60.7 Å². The summed E-state index contributed by atoms with van der Waals surface area (Å²) in [4.78, 5) is 0. The van der Waals surface area contributed by atoms with E-state index in [4.69, 9.17) is 0 Å². The van der Waals surface area contributed by atoms with Crippen LogP contribution < -0.4 is 0 Å². The molecule has 1 saturated carbocycles. The SMILES string of the molecule is C=CCC(CCC=CCC(CCC)c1ccccc1)C1CCCCC1. The molecular formula is C25H38. The van der Waals surface area contributed by atoms with E-state index in [1.165, 1.54) is 76.2 Å². The van der Waals surface area contributed by atoms with Crippen molar-refractivity contribution in [1.29, 1.82) is 0 Å². The fourth-order valence-electron chi connectivity index (χ4n) is 4.55. The summed E-state index contributed by atoms with van der Waals surface area (Å²) in [6.45, 7) is 6.29. The van der Waals surface area contributed by atoms with E-state index >= 15 is 0 Å². The van der Waals surface area contributed by atoms with E-state index in [2.05, 4.69) is 62.1 Å². The molecule has 1 fully saturated rings. The van der Waals surface area contributed by atoms with Gasteiger partial charge in [0.2, 0.25) is 0 Å². The Labute approximate surface area is 156 Å². The molecule has 0 bridgehead atoms. The van der Waals surface area contributed by atoms with Gasteiger partial charge in [-0.2, -0.15) is 0 Å². The average Bonchev–Trinajstić information content (AvgIpc) is 2.67. The van der Waals surface area contributed by atoms with Gasteiger partial charge in [-0.3, -0.25) is 0 Å². The van der Waals surface area contributed by atoms with Crippen LogP contribution in [0.15, 0.2) is 55.1 Å². The second-order valence-electron chi connectivity index (χ2n) is 7.86. The van der Waals surface area contributed by atoms with E-state index in [1.54, 1.807) is 0 Å². The lowest BCUT2D eigenvalue weighted by molar-refractivity contribution is 0.238. The summed E-state index contributed by atoms with van der Waals surface area (Å²) in [7, 11) is 0. The van der Waals surface area contributed by atoms with E-state index in [0.29, 0.717) is 5.92 Å². The molecule has 0 N–H and O–H groups in total. The zero-order chi connectivity index (χ0) is 17.7. The van der Waals surface area contributed by atoms with Crippen molar-refractivity contribution < 1.29 is 0 Å². The highest BCUT2D eigenvalue weighted by Crippen LogP contribution is 2.34. The number of hydrogen-bond donors (Lipinski definition) is 0. The van der Waals surface area contributed by atoms with Crippen molar-refractivity contribution in [1.82, 2.24) is 0 Å². The Morgan fingerprint density at radius 1 is 1.00 bits per heavy atom. The molecule has 2 atom stereocenters. The summed E-state index contributed by atoms with van der Waals surface area (Å²) >= 11 is 0. The maximum absolute atomic E-state index is 4.00. The molecule has 1 aromatic rings. The first-order chi connectivity index (χ1) is 12.3. The van der Waals surface area contributed by atoms with Gasteiger partial charge >= 0.3 is 0 Å². The molecule has 0 aliphatic heterocycles. The second kappa shape index (κ2) is 12.1. The van der Waals surface area contributed by atoms with Crippen LogP contribution in [-0.4, -0.2) is 0 Å². The highest BCUT2D eigenvalue weighted by Gasteiger charge is 2.21. The first-order valence-electron chi connectivity index (χ1n) is 10.7. The summed E-state index contributed by atoms with van der Waals surface area (Å²) < 4.78 is 0. The van der Waals surface area contributed by atoms with Crippen LogP contribution in [0.25, 0.3) is 0 Å². The van der Waals surface area contributed by atoms with Crippen molar-refractivity contribution in [3.8, 4) is 0 Å². The molecule has 0 saturated heterocycles. The highest BCUT2D eigenvalue weighted by atomic mass is 14.3. The predicted octanol–water partition coefficient (Wildman–Crippen LogP) is 8.07. The van der Waals surface area contributed by atoms with Crippen LogP contribution in [0.4, 0.5) is 0 Å². The minimum atomic E-state index is 0.685. The van der Waals surface area contributed by atoms with Crippen LogP contribution in [0.2, 0.25) is 0 Å². The lowest BCUT2D eigenvalue weighted by Crippen LogP contribution is -2.17. The summed E-state index contributed by atoms with van der Waals surface area (Å²) in [6, 6.07) is 11.0. The molecule has 1 aliphatic rings. The van der Waals surface area contributed by atoms with Gasteiger partial charge in [0.05, 0.1) is 0 Å². The molecule has 2 unspecified atom stereocenters. The van der Waals surface area contributed by atoms with Crippen molar-refractivity contribution in [3.63, 3.8) is 0 Å². The molecule has 0 aromatic heterocycles. The highest BCUT2D eigenvalue weighted by molar-refractivity contribution is 5.20. The fraction of sp³-hybridized carbons (Fsp3) is 0.600. The van der Waals surface area contributed by atoms with Gasteiger partial charge in [0.25, 0.3) is 0 Å². The molecule has 1 aliphatic carbocycles. The Balaban J connectivity index is 1.78. The maximum Gasteiger partial charge on any atom is -0.0127 e. The minimum Gasteiger partial charge on any atom is -0.103 e. The van der Waals surface area contributed by atoms with Gasteiger partial charge in [0, 0.05) is 0 Å². The molecule has 25 heavy (non-hydrogen) atoms. The fourth-order valence-corrected chi connectivity index (χ4v) is 4.55. The van der Waals surface area contributed by atoms with Gasteiger partial charge in [-0.25, -0.2) is 0 Å². The van der Waals surface area contributed by atoms with Crippen LogP contribution in [0.3, 0.4) is 0 Å². The molecule has 0 spiro atoms. The first kappa shape index (κ1) is 20.0. The Morgan fingerprint density at radius 3 is 2.44 bits per heavy atom. The van der Waals surface area contributed by atoms with Gasteiger partial charge in [-0.1, -0.05) is 94.0 Å². The van der Waals surface area contributed by atoms with E-state index in [-0.39, 0.29) is 0 Å². The number of allylic oxidation sites excluding steroid dienone is 3. The normalized spacial score (nSPS) is 18.3. The molecule has 1 aromatic carbocycles. The third-order valence-corrected chi connectivity index (χ3v) is 5.99. The zero-order valence-corrected chi connectivity index (χ0v) is 16.3. The Hall–Kier alpha value is -1.30. The lowest BCUT2D eigenvalue weighted by atomic mass is 9.76. The van der Waals surface area contributed by atoms with Crippen molar-refractivity contribution in [2.24, 2.45) is 11.8 Å². The Morgan fingerprint density at radius 2 is 1.76 bits per heavy atom. The molecule has 0 heteroatoms. The standard InChI is InChI=1S/C25H38/c1-3-14-22(24-18-10-6-11-19-24)16-8-5-9-17-23(15-4-2)25-20-12-7-13-21-25/h3,5,7,9,12-13,20-24H,1,4,6,8,10-11,14-19H2,2H3. The number of benzene rings is 1. The average molecular weight is 339 g/mol. The monoisotopic (exact) mass is 338 g/mol. The molecule has 0 amide bonds. The minimum absolute atomic E-state index is 0.685. The van der Waals surface area contributed by atoms with E-state index in [0.717, 1.165) is 11.8 Å². The van der Waals surface area contributed by atoms with E-state index in [1.807, 2.05) is 0 Å². The summed E-state index contributed by atoms with van der Waals surface area (Å²) in [5, 5.41) is 0. The molecule has 0 heterocycles. The largest absolute Gasteiger partial charge is 0.103 e.